The minimum Gasteiger partial charge on any atom is -0.459 e. The number of tetrazole rings is 1. The Morgan fingerprint density at radius 3 is 2.74 bits per heavy atom. The van der Waals surface area contributed by atoms with Gasteiger partial charge in [0, 0.05) is 10.9 Å². The summed E-state index contributed by atoms with van der Waals surface area (Å²) >= 11 is 0. The molecule has 0 aliphatic carbocycles. The van der Waals surface area contributed by atoms with Gasteiger partial charge in [-0.2, -0.15) is 4.80 Å². The number of hydrogen-bond donors (Lipinski definition) is 1. The van der Waals surface area contributed by atoms with Crippen molar-refractivity contribution in [3.05, 3.63) is 65.9 Å². The molecule has 0 saturated heterocycles. The standard InChI is InChI=1S/C20H19N5O2/c1-13-7-9-15(10-8-13)20-22-24-25(23-20)12-19(26)21-14(2)18-11-16-5-3-4-6-17(16)27-18/h3-11,14H,12H2,1-2H3,(H,21,26)/t14-/m0/s1. The van der Waals surface area contributed by atoms with Crippen molar-refractivity contribution in [3.8, 4) is 11.4 Å². The SMILES string of the molecule is Cc1ccc(-c2nnn(CC(=O)N[C@@H](C)c3cc4ccccc4o3)n2)cc1. The molecule has 1 N–H and O–H groups in total. The Morgan fingerprint density at radius 1 is 1.19 bits per heavy atom. The van der Waals surface area contributed by atoms with Crippen molar-refractivity contribution in [1.29, 1.82) is 0 Å². The molecular weight excluding hydrogens is 342 g/mol. The summed E-state index contributed by atoms with van der Waals surface area (Å²) in [6.45, 7) is 3.88. The van der Waals surface area contributed by atoms with Gasteiger partial charge in [0.25, 0.3) is 0 Å². The molecule has 2 aromatic carbocycles. The lowest BCUT2D eigenvalue weighted by Gasteiger charge is -2.10. The van der Waals surface area contributed by atoms with Gasteiger partial charge in [-0.3, -0.25) is 4.79 Å². The number of para-hydroxylation sites is 1. The third kappa shape index (κ3) is 3.72. The maximum absolute atomic E-state index is 12.3. The normalized spacial score (nSPS) is 12.2. The van der Waals surface area contributed by atoms with Gasteiger partial charge in [-0.05, 0) is 31.2 Å². The number of nitrogens with zero attached hydrogens (tertiary/aromatic N) is 4. The zero-order valence-electron chi connectivity index (χ0n) is 15.1. The third-order valence-electron chi connectivity index (χ3n) is 4.30. The van der Waals surface area contributed by atoms with Gasteiger partial charge in [0.2, 0.25) is 11.7 Å². The largest absolute Gasteiger partial charge is 0.459 e. The van der Waals surface area contributed by atoms with E-state index < -0.39 is 0 Å². The quantitative estimate of drug-likeness (QED) is 0.590. The number of fused-ring (bicyclic) bond motifs is 1. The van der Waals surface area contributed by atoms with Gasteiger partial charge in [-0.25, -0.2) is 0 Å². The lowest BCUT2D eigenvalue weighted by molar-refractivity contribution is -0.122. The molecule has 2 heterocycles. The van der Waals surface area contributed by atoms with E-state index in [1.165, 1.54) is 4.80 Å². The molecule has 7 heteroatoms. The summed E-state index contributed by atoms with van der Waals surface area (Å²) < 4.78 is 5.79. The molecule has 2 aromatic heterocycles. The van der Waals surface area contributed by atoms with Crippen molar-refractivity contribution in [2.75, 3.05) is 0 Å². The van der Waals surface area contributed by atoms with E-state index in [4.69, 9.17) is 4.42 Å². The molecule has 1 amide bonds. The van der Waals surface area contributed by atoms with Gasteiger partial charge in [-0.1, -0.05) is 48.0 Å². The van der Waals surface area contributed by atoms with E-state index in [0.29, 0.717) is 11.6 Å². The van der Waals surface area contributed by atoms with Crippen LogP contribution in [-0.4, -0.2) is 26.1 Å². The molecule has 0 fully saturated rings. The van der Waals surface area contributed by atoms with E-state index in [-0.39, 0.29) is 18.5 Å². The molecule has 1 atom stereocenters. The summed E-state index contributed by atoms with van der Waals surface area (Å²) in [5, 5.41) is 16.2. The van der Waals surface area contributed by atoms with E-state index in [0.717, 1.165) is 22.1 Å². The molecule has 0 saturated carbocycles. The number of rotatable bonds is 5. The first-order valence-corrected chi connectivity index (χ1v) is 8.71. The van der Waals surface area contributed by atoms with Crippen LogP contribution in [0.3, 0.4) is 0 Å². The Labute approximate surface area is 156 Å². The van der Waals surface area contributed by atoms with E-state index in [2.05, 4.69) is 20.7 Å². The van der Waals surface area contributed by atoms with Gasteiger partial charge >= 0.3 is 0 Å². The average Bonchev–Trinajstić information content (AvgIpc) is 3.29. The molecular formula is C20H19N5O2. The molecule has 0 bridgehead atoms. The van der Waals surface area contributed by atoms with Gasteiger partial charge in [-0.15, -0.1) is 10.2 Å². The summed E-state index contributed by atoms with van der Waals surface area (Å²) in [5.41, 5.74) is 2.82. The van der Waals surface area contributed by atoms with Crippen molar-refractivity contribution in [2.45, 2.75) is 26.4 Å². The molecule has 0 spiro atoms. The van der Waals surface area contributed by atoms with Crippen LogP contribution in [0.15, 0.2) is 59.0 Å². The minimum absolute atomic E-state index is 0.0105. The number of aryl methyl sites for hydroxylation is 1. The lowest BCUT2D eigenvalue weighted by Crippen LogP contribution is -2.30. The summed E-state index contributed by atoms with van der Waals surface area (Å²) in [6.07, 6.45) is 0. The summed E-state index contributed by atoms with van der Waals surface area (Å²) in [4.78, 5) is 13.6. The fourth-order valence-electron chi connectivity index (χ4n) is 2.83. The fraction of sp³-hybridized carbons (Fsp3) is 0.200. The minimum atomic E-state index is -0.259. The molecule has 0 radical (unpaired) electrons. The average molecular weight is 361 g/mol. The number of hydrogen-bond acceptors (Lipinski definition) is 5. The highest BCUT2D eigenvalue weighted by atomic mass is 16.3. The summed E-state index contributed by atoms with van der Waals surface area (Å²) in [7, 11) is 0. The predicted octanol–water partition coefficient (Wildman–Crippen LogP) is 3.27. The van der Waals surface area contributed by atoms with Crippen LogP contribution in [0.4, 0.5) is 0 Å². The molecule has 27 heavy (non-hydrogen) atoms. The maximum Gasteiger partial charge on any atom is 0.244 e. The first-order valence-electron chi connectivity index (χ1n) is 8.71. The van der Waals surface area contributed by atoms with Gasteiger partial charge < -0.3 is 9.73 Å². The van der Waals surface area contributed by atoms with Crippen LogP contribution in [-0.2, 0) is 11.3 Å². The molecule has 4 aromatic rings. The Balaban J connectivity index is 1.41. The molecule has 7 nitrogen and oxygen atoms in total. The number of furan rings is 1. The fourth-order valence-corrected chi connectivity index (χ4v) is 2.83. The molecule has 0 aliphatic heterocycles. The van der Waals surface area contributed by atoms with Crippen LogP contribution >= 0.6 is 0 Å². The highest BCUT2D eigenvalue weighted by Gasteiger charge is 2.15. The molecule has 0 unspecified atom stereocenters. The smallest absolute Gasteiger partial charge is 0.244 e. The van der Waals surface area contributed by atoms with Crippen molar-refractivity contribution in [2.24, 2.45) is 0 Å². The van der Waals surface area contributed by atoms with Crippen LogP contribution in [0, 0.1) is 6.92 Å². The van der Waals surface area contributed by atoms with Crippen LogP contribution in [0.25, 0.3) is 22.4 Å². The molecule has 4 rings (SSSR count). The Bertz CT molecular complexity index is 1050. The van der Waals surface area contributed by atoms with E-state index >= 15 is 0 Å². The first kappa shape index (κ1) is 17.0. The van der Waals surface area contributed by atoms with Crippen LogP contribution < -0.4 is 5.32 Å². The van der Waals surface area contributed by atoms with E-state index in [1.54, 1.807) is 0 Å². The number of carbonyl (C=O) groups excluding carboxylic acids is 1. The maximum atomic E-state index is 12.3. The third-order valence-corrected chi connectivity index (χ3v) is 4.30. The second kappa shape index (κ2) is 7.03. The monoisotopic (exact) mass is 361 g/mol. The highest BCUT2D eigenvalue weighted by molar-refractivity contribution is 5.79. The molecule has 0 aliphatic rings. The van der Waals surface area contributed by atoms with Gasteiger partial charge in [0.1, 0.15) is 17.9 Å². The van der Waals surface area contributed by atoms with Crippen LogP contribution in [0.2, 0.25) is 0 Å². The van der Waals surface area contributed by atoms with Gasteiger partial charge in [0.05, 0.1) is 6.04 Å². The van der Waals surface area contributed by atoms with E-state index in [1.807, 2.05) is 68.4 Å². The van der Waals surface area contributed by atoms with Crippen molar-refractivity contribution < 1.29 is 9.21 Å². The first-order chi connectivity index (χ1) is 13.1. The van der Waals surface area contributed by atoms with Crippen LogP contribution in [0.5, 0.6) is 0 Å². The topological polar surface area (TPSA) is 85.8 Å². The second-order valence-corrected chi connectivity index (χ2v) is 6.49. The Kier molecular flexibility index (Phi) is 4.42. The zero-order valence-corrected chi connectivity index (χ0v) is 15.1. The van der Waals surface area contributed by atoms with E-state index in [9.17, 15) is 4.79 Å². The van der Waals surface area contributed by atoms with Crippen LogP contribution in [0.1, 0.15) is 24.3 Å². The number of amides is 1. The number of nitrogens with one attached hydrogen (secondary N) is 1. The number of aromatic nitrogens is 4. The highest BCUT2D eigenvalue weighted by Crippen LogP contribution is 2.23. The second-order valence-electron chi connectivity index (χ2n) is 6.49. The number of benzene rings is 2. The zero-order chi connectivity index (χ0) is 18.8. The lowest BCUT2D eigenvalue weighted by atomic mass is 10.1. The predicted molar refractivity (Wildman–Crippen MR) is 101 cm³/mol. The van der Waals surface area contributed by atoms with Gasteiger partial charge in [0.15, 0.2) is 0 Å². The number of carbonyl (C=O) groups is 1. The summed E-state index contributed by atoms with van der Waals surface area (Å²) in [6, 6.07) is 17.3. The Morgan fingerprint density at radius 2 is 1.96 bits per heavy atom. The van der Waals surface area contributed by atoms with Crippen molar-refractivity contribution >= 4 is 16.9 Å². The van der Waals surface area contributed by atoms with Crippen molar-refractivity contribution in [1.82, 2.24) is 25.5 Å². The van der Waals surface area contributed by atoms with Crippen molar-refractivity contribution in [3.63, 3.8) is 0 Å². The molecule has 136 valence electrons. The summed E-state index contributed by atoms with van der Waals surface area (Å²) in [5.74, 6) is 0.986. The Hall–Kier alpha value is -3.48.